The van der Waals surface area contributed by atoms with E-state index >= 15 is 0 Å². The van der Waals surface area contributed by atoms with Crippen molar-refractivity contribution >= 4 is 50.7 Å². The van der Waals surface area contributed by atoms with Gasteiger partial charge in [0.2, 0.25) is 0 Å². The van der Waals surface area contributed by atoms with Gasteiger partial charge < -0.3 is 0 Å². The van der Waals surface area contributed by atoms with Gasteiger partial charge in [-0.2, -0.15) is 0 Å². The predicted octanol–water partition coefficient (Wildman–Crippen LogP) is 4.01. The molecule has 2 heterocycles. The molecule has 0 saturated heterocycles. The highest BCUT2D eigenvalue weighted by Crippen LogP contribution is 2.26. The second kappa shape index (κ2) is 6.47. The molecule has 2 aromatic heterocycles. The number of halogens is 1. The van der Waals surface area contributed by atoms with Crippen molar-refractivity contribution in [3.63, 3.8) is 0 Å². The number of rotatable bonds is 4. The number of Topliss-reactive ketones (excluding diaryl/α,β-unsaturated/α-hetero) is 1. The fourth-order valence-electron chi connectivity index (χ4n) is 2.16. The molecule has 7 heteroatoms. The lowest BCUT2D eigenvalue weighted by atomic mass is 10.1. The Kier molecular flexibility index (Phi) is 4.57. The number of carbonyl (C=O) groups excluding carboxylic acids is 1. The maximum absolute atomic E-state index is 12.5. The Morgan fingerprint density at radius 3 is 2.91 bits per heavy atom. The molecule has 1 atom stereocenters. The van der Waals surface area contributed by atoms with Crippen molar-refractivity contribution in [3.05, 3.63) is 56.7 Å². The zero-order valence-electron chi connectivity index (χ0n) is 12.4. The lowest BCUT2D eigenvalue weighted by Crippen LogP contribution is -2.21. The Morgan fingerprint density at radius 1 is 1.39 bits per heavy atom. The van der Waals surface area contributed by atoms with Crippen LogP contribution in [-0.4, -0.2) is 20.6 Å². The molecule has 0 aliphatic rings. The van der Waals surface area contributed by atoms with Gasteiger partial charge in [0.1, 0.15) is 4.70 Å². The Labute approximate surface area is 146 Å². The van der Waals surface area contributed by atoms with Gasteiger partial charge in [0.25, 0.3) is 5.56 Å². The first-order valence-electron chi connectivity index (χ1n) is 6.88. The average molecular weight is 365 g/mol. The summed E-state index contributed by atoms with van der Waals surface area (Å²) in [6.07, 6.45) is 0. The number of thiophene rings is 1. The zero-order chi connectivity index (χ0) is 16.6. The van der Waals surface area contributed by atoms with Crippen LogP contribution in [0.25, 0.3) is 10.2 Å². The summed E-state index contributed by atoms with van der Waals surface area (Å²) >= 11 is 8.59. The molecule has 4 nitrogen and oxygen atoms in total. The van der Waals surface area contributed by atoms with Gasteiger partial charge in [-0.3, -0.25) is 14.2 Å². The van der Waals surface area contributed by atoms with E-state index in [1.54, 1.807) is 38.2 Å². The molecule has 0 aliphatic carbocycles. The molecular formula is C16H13ClN2O2S2. The molecule has 0 aliphatic heterocycles. The van der Waals surface area contributed by atoms with Gasteiger partial charge in [0.15, 0.2) is 10.9 Å². The minimum absolute atomic E-state index is 0.0443. The predicted molar refractivity (Wildman–Crippen MR) is 96.0 cm³/mol. The van der Waals surface area contributed by atoms with Crippen LogP contribution in [0.1, 0.15) is 17.3 Å². The van der Waals surface area contributed by atoms with Crippen LogP contribution < -0.4 is 5.56 Å². The minimum Gasteiger partial charge on any atom is -0.293 e. The van der Waals surface area contributed by atoms with Crippen molar-refractivity contribution in [2.24, 2.45) is 7.05 Å². The van der Waals surface area contributed by atoms with Crippen LogP contribution in [0.2, 0.25) is 5.02 Å². The number of nitrogens with zero attached hydrogens (tertiary/aromatic N) is 2. The SMILES string of the molecule is C[C@H](Sc1nc2ccsc2c(=O)n1C)C(=O)c1cccc(Cl)c1. The van der Waals surface area contributed by atoms with Crippen molar-refractivity contribution in [3.8, 4) is 0 Å². The Bertz CT molecular complexity index is 949. The standard InChI is InChI=1S/C16H13ClN2O2S2/c1-9(13(20)10-4-3-5-11(17)8-10)23-16-18-12-6-7-22-14(12)15(21)19(16)2/h3-9H,1-2H3/t9-/m0/s1. The molecule has 3 aromatic rings. The quantitative estimate of drug-likeness (QED) is 0.398. The summed E-state index contributed by atoms with van der Waals surface area (Å²) < 4.78 is 2.12. The van der Waals surface area contributed by atoms with Gasteiger partial charge in [-0.15, -0.1) is 11.3 Å². The summed E-state index contributed by atoms with van der Waals surface area (Å²) in [5, 5.41) is 2.53. The number of benzene rings is 1. The average Bonchev–Trinajstić information content (AvgIpc) is 3.00. The molecule has 23 heavy (non-hydrogen) atoms. The molecule has 0 saturated carbocycles. The van der Waals surface area contributed by atoms with E-state index in [0.717, 1.165) is 0 Å². The number of ketones is 1. The van der Waals surface area contributed by atoms with Crippen molar-refractivity contribution in [2.45, 2.75) is 17.3 Å². The Balaban J connectivity index is 1.91. The van der Waals surface area contributed by atoms with Gasteiger partial charge in [0.05, 0.1) is 10.8 Å². The maximum atomic E-state index is 12.5. The molecule has 0 bridgehead atoms. The summed E-state index contributed by atoms with van der Waals surface area (Å²) in [5.74, 6) is -0.0443. The van der Waals surface area contributed by atoms with Crippen molar-refractivity contribution < 1.29 is 4.79 Å². The van der Waals surface area contributed by atoms with Crippen LogP contribution in [0, 0.1) is 0 Å². The number of aromatic nitrogens is 2. The first kappa shape index (κ1) is 16.2. The van der Waals surface area contributed by atoms with Crippen LogP contribution in [0.5, 0.6) is 0 Å². The van der Waals surface area contributed by atoms with Crippen LogP contribution in [0.4, 0.5) is 0 Å². The fraction of sp³-hybridized carbons (Fsp3) is 0.188. The molecule has 0 N–H and O–H groups in total. The third kappa shape index (κ3) is 3.20. The third-order valence-electron chi connectivity index (χ3n) is 3.41. The first-order chi connectivity index (χ1) is 11.0. The second-order valence-electron chi connectivity index (χ2n) is 5.03. The summed E-state index contributed by atoms with van der Waals surface area (Å²) in [6.45, 7) is 1.80. The molecular weight excluding hydrogens is 352 g/mol. The molecule has 0 spiro atoms. The highest BCUT2D eigenvalue weighted by molar-refractivity contribution is 8.00. The normalized spacial score (nSPS) is 12.5. The number of carbonyl (C=O) groups is 1. The Hall–Kier alpha value is -1.63. The molecule has 0 fully saturated rings. The molecule has 0 amide bonds. The van der Waals surface area contributed by atoms with E-state index < -0.39 is 0 Å². The number of hydrogen-bond donors (Lipinski definition) is 0. The van der Waals surface area contributed by atoms with Crippen LogP contribution in [-0.2, 0) is 7.05 Å². The van der Waals surface area contributed by atoms with Crippen molar-refractivity contribution in [1.29, 1.82) is 0 Å². The molecule has 118 valence electrons. The number of hydrogen-bond acceptors (Lipinski definition) is 5. The summed E-state index contributed by atoms with van der Waals surface area (Å²) in [5.41, 5.74) is 1.14. The fourth-order valence-corrected chi connectivity index (χ4v) is 4.11. The van der Waals surface area contributed by atoms with Gasteiger partial charge in [-0.1, -0.05) is 35.5 Å². The topological polar surface area (TPSA) is 52.0 Å². The van der Waals surface area contributed by atoms with Crippen LogP contribution >= 0.6 is 34.7 Å². The van der Waals surface area contributed by atoms with Gasteiger partial charge in [-0.05, 0) is 30.5 Å². The van der Waals surface area contributed by atoms with Gasteiger partial charge in [0, 0.05) is 17.6 Å². The van der Waals surface area contributed by atoms with E-state index in [2.05, 4.69) is 4.98 Å². The first-order valence-corrected chi connectivity index (χ1v) is 9.02. The Morgan fingerprint density at radius 2 is 2.17 bits per heavy atom. The summed E-state index contributed by atoms with van der Waals surface area (Å²) in [7, 11) is 1.67. The zero-order valence-corrected chi connectivity index (χ0v) is 14.8. The van der Waals surface area contributed by atoms with E-state index in [0.29, 0.717) is 26.0 Å². The molecule has 0 unspecified atom stereocenters. The highest BCUT2D eigenvalue weighted by atomic mass is 35.5. The summed E-state index contributed by atoms with van der Waals surface area (Å²) in [4.78, 5) is 29.3. The van der Waals surface area contributed by atoms with E-state index in [-0.39, 0.29) is 16.6 Å². The van der Waals surface area contributed by atoms with Gasteiger partial charge >= 0.3 is 0 Å². The molecule has 1 aromatic carbocycles. The number of thioether (sulfide) groups is 1. The van der Waals surface area contributed by atoms with E-state index in [1.165, 1.54) is 27.7 Å². The largest absolute Gasteiger partial charge is 0.293 e. The monoisotopic (exact) mass is 364 g/mol. The van der Waals surface area contributed by atoms with Crippen LogP contribution in [0.15, 0.2) is 45.7 Å². The summed E-state index contributed by atoms with van der Waals surface area (Å²) in [6, 6.07) is 8.68. The smallest absolute Gasteiger partial charge is 0.271 e. The molecule has 0 radical (unpaired) electrons. The minimum atomic E-state index is -0.373. The van der Waals surface area contributed by atoms with E-state index in [1.807, 2.05) is 11.4 Å². The molecule has 3 rings (SSSR count). The number of fused-ring (bicyclic) bond motifs is 1. The van der Waals surface area contributed by atoms with E-state index in [9.17, 15) is 9.59 Å². The lowest BCUT2D eigenvalue weighted by molar-refractivity contribution is 0.0994. The van der Waals surface area contributed by atoms with Gasteiger partial charge in [-0.25, -0.2) is 4.98 Å². The van der Waals surface area contributed by atoms with Crippen LogP contribution in [0.3, 0.4) is 0 Å². The second-order valence-corrected chi connectivity index (χ2v) is 7.69. The van der Waals surface area contributed by atoms with Crippen molar-refractivity contribution in [2.75, 3.05) is 0 Å². The van der Waals surface area contributed by atoms with Crippen molar-refractivity contribution in [1.82, 2.24) is 9.55 Å². The highest BCUT2D eigenvalue weighted by Gasteiger charge is 2.20. The van der Waals surface area contributed by atoms with E-state index in [4.69, 9.17) is 11.6 Å². The third-order valence-corrected chi connectivity index (χ3v) is 5.68. The lowest BCUT2D eigenvalue weighted by Gasteiger charge is -2.12. The maximum Gasteiger partial charge on any atom is 0.271 e.